The van der Waals surface area contributed by atoms with Gasteiger partial charge in [-0.3, -0.25) is 4.68 Å². The van der Waals surface area contributed by atoms with Crippen molar-refractivity contribution in [1.29, 1.82) is 0 Å². The Kier molecular flexibility index (Phi) is 5.41. The zero-order valence-corrected chi connectivity index (χ0v) is 13.9. The Morgan fingerprint density at radius 1 is 1.07 bits per heavy atom. The highest BCUT2D eigenvalue weighted by atomic mass is 19.4. The van der Waals surface area contributed by atoms with Gasteiger partial charge < -0.3 is 9.84 Å². The van der Waals surface area contributed by atoms with Crippen molar-refractivity contribution < 1.29 is 27.4 Å². The summed E-state index contributed by atoms with van der Waals surface area (Å²) in [6.45, 7) is 0.0190. The van der Waals surface area contributed by atoms with Crippen molar-refractivity contribution >= 4 is 0 Å². The Hall–Kier alpha value is -2.94. The first-order valence-corrected chi connectivity index (χ1v) is 7.95. The molecular formula is C18H15F4N3O2. The van der Waals surface area contributed by atoms with Crippen LogP contribution in [0, 0.1) is 5.82 Å². The molecule has 2 aromatic carbocycles. The number of nitrogens with zero attached hydrogens (tertiary/aromatic N) is 3. The minimum Gasteiger partial charge on any atom is -0.457 e. The second-order valence-corrected chi connectivity index (χ2v) is 5.85. The molecule has 27 heavy (non-hydrogen) atoms. The summed E-state index contributed by atoms with van der Waals surface area (Å²) in [4.78, 5) is 3.72. The SMILES string of the molecule is OC(Cc1ccc(Oc2ccc(F)cc2)cc1C(F)(F)F)Cn1cncn1. The molecule has 3 aromatic rings. The van der Waals surface area contributed by atoms with E-state index in [1.165, 1.54) is 41.6 Å². The average molecular weight is 381 g/mol. The summed E-state index contributed by atoms with van der Waals surface area (Å²) in [6, 6.07) is 8.42. The van der Waals surface area contributed by atoms with E-state index in [4.69, 9.17) is 4.74 Å². The highest BCUT2D eigenvalue weighted by Gasteiger charge is 2.34. The standard InChI is InChI=1S/C18H15F4N3O2/c19-13-2-5-15(6-3-13)27-16-4-1-12(17(8-16)18(20,21)22)7-14(26)9-25-11-23-10-24-25/h1-6,8,10-11,14,26H,7,9H2. The largest absolute Gasteiger partial charge is 0.457 e. The molecule has 0 spiro atoms. The molecule has 1 heterocycles. The molecule has 0 amide bonds. The number of aliphatic hydroxyl groups is 1. The Morgan fingerprint density at radius 3 is 2.41 bits per heavy atom. The molecule has 0 aliphatic rings. The summed E-state index contributed by atoms with van der Waals surface area (Å²) in [5.41, 5.74) is -0.971. The fraction of sp³-hybridized carbons (Fsp3) is 0.222. The number of aromatic nitrogens is 3. The third kappa shape index (κ3) is 5.04. The maximum absolute atomic E-state index is 13.4. The molecule has 142 valence electrons. The molecule has 0 aliphatic heterocycles. The summed E-state index contributed by atoms with van der Waals surface area (Å²) in [5.74, 6) is -0.304. The molecule has 5 nitrogen and oxygen atoms in total. The number of ether oxygens (including phenoxy) is 1. The molecule has 0 saturated heterocycles. The average Bonchev–Trinajstić information content (AvgIpc) is 3.10. The van der Waals surface area contributed by atoms with Crippen LogP contribution in [0.15, 0.2) is 55.1 Å². The molecule has 0 saturated carbocycles. The second kappa shape index (κ2) is 7.75. The molecule has 1 N–H and O–H groups in total. The summed E-state index contributed by atoms with van der Waals surface area (Å²) >= 11 is 0. The Morgan fingerprint density at radius 2 is 1.78 bits per heavy atom. The predicted molar refractivity (Wildman–Crippen MR) is 87.7 cm³/mol. The maximum Gasteiger partial charge on any atom is 0.416 e. The third-order valence-corrected chi connectivity index (χ3v) is 3.76. The topological polar surface area (TPSA) is 60.2 Å². The van der Waals surface area contributed by atoms with Crippen LogP contribution in [0.4, 0.5) is 17.6 Å². The minimum atomic E-state index is -4.62. The molecule has 0 fully saturated rings. The minimum absolute atomic E-state index is 0.0190. The lowest BCUT2D eigenvalue weighted by atomic mass is 10.0. The van der Waals surface area contributed by atoms with E-state index in [-0.39, 0.29) is 30.0 Å². The van der Waals surface area contributed by atoms with E-state index in [0.717, 1.165) is 18.2 Å². The van der Waals surface area contributed by atoms with Gasteiger partial charge in [-0.1, -0.05) is 6.07 Å². The van der Waals surface area contributed by atoms with E-state index < -0.39 is 23.7 Å². The van der Waals surface area contributed by atoms with Crippen LogP contribution in [0.3, 0.4) is 0 Å². The van der Waals surface area contributed by atoms with Crippen LogP contribution in [-0.4, -0.2) is 26.0 Å². The molecule has 3 rings (SSSR count). The molecule has 9 heteroatoms. The van der Waals surface area contributed by atoms with Gasteiger partial charge in [0.15, 0.2) is 0 Å². The van der Waals surface area contributed by atoms with Crippen molar-refractivity contribution in [3.63, 3.8) is 0 Å². The van der Waals surface area contributed by atoms with E-state index in [1.807, 2.05) is 0 Å². The lowest BCUT2D eigenvalue weighted by molar-refractivity contribution is -0.138. The molecule has 0 radical (unpaired) electrons. The summed E-state index contributed by atoms with van der Waals surface area (Å²) < 4.78 is 59.9. The number of rotatable bonds is 6. The molecule has 1 aromatic heterocycles. The van der Waals surface area contributed by atoms with Crippen LogP contribution in [0.5, 0.6) is 11.5 Å². The van der Waals surface area contributed by atoms with E-state index >= 15 is 0 Å². The quantitative estimate of drug-likeness (QED) is 0.660. The van der Waals surface area contributed by atoms with Crippen LogP contribution in [0.25, 0.3) is 0 Å². The first-order valence-electron chi connectivity index (χ1n) is 7.95. The van der Waals surface area contributed by atoms with Crippen LogP contribution in [0.2, 0.25) is 0 Å². The zero-order chi connectivity index (χ0) is 19.4. The number of hydrogen-bond acceptors (Lipinski definition) is 4. The highest BCUT2D eigenvalue weighted by Crippen LogP contribution is 2.36. The Bertz CT molecular complexity index is 881. The molecule has 0 bridgehead atoms. The normalized spacial score (nSPS) is 12.8. The monoisotopic (exact) mass is 381 g/mol. The molecule has 0 aliphatic carbocycles. The maximum atomic E-state index is 13.4. The Balaban J connectivity index is 1.80. The van der Waals surface area contributed by atoms with Gasteiger partial charge in [-0.05, 0) is 42.0 Å². The van der Waals surface area contributed by atoms with Gasteiger partial charge in [0, 0.05) is 6.42 Å². The summed E-state index contributed by atoms with van der Waals surface area (Å²) in [7, 11) is 0. The van der Waals surface area contributed by atoms with Gasteiger partial charge >= 0.3 is 6.18 Å². The van der Waals surface area contributed by atoms with Crippen LogP contribution >= 0.6 is 0 Å². The van der Waals surface area contributed by atoms with Gasteiger partial charge in [0.2, 0.25) is 0 Å². The van der Waals surface area contributed by atoms with Crippen molar-refractivity contribution in [1.82, 2.24) is 14.8 Å². The van der Waals surface area contributed by atoms with E-state index in [1.54, 1.807) is 0 Å². The fourth-order valence-corrected chi connectivity index (χ4v) is 2.56. The van der Waals surface area contributed by atoms with Crippen molar-refractivity contribution in [3.8, 4) is 11.5 Å². The number of alkyl halides is 3. The van der Waals surface area contributed by atoms with Crippen LogP contribution in [-0.2, 0) is 19.1 Å². The first kappa shape index (κ1) is 18.8. The van der Waals surface area contributed by atoms with Gasteiger partial charge in [-0.25, -0.2) is 9.37 Å². The van der Waals surface area contributed by atoms with Crippen molar-refractivity contribution in [2.75, 3.05) is 0 Å². The Labute approximate surface area is 151 Å². The number of aliphatic hydroxyl groups excluding tert-OH is 1. The highest BCUT2D eigenvalue weighted by molar-refractivity contribution is 5.40. The van der Waals surface area contributed by atoms with Crippen LogP contribution < -0.4 is 4.74 Å². The van der Waals surface area contributed by atoms with Gasteiger partial charge in [-0.15, -0.1) is 0 Å². The van der Waals surface area contributed by atoms with Crippen molar-refractivity contribution in [3.05, 3.63) is 72.1 Å². The lowest BCUT2D eigenvalue weighted by Gasteiger charge is -2.17. The predicted octanol–water partition coefficient (Wildman–Crippen LogP) is 3.83. The van der Waals surface area contributed by atoms with Crippen LogP contribution in [0.1, 0.15) is 11.1 Å². The number of halogens is 4. The lowest BCUT2D eigenvalue weighted by Crippen LogP contribution is -2.21. The molecular weight excluding hydrogens is 366 g/mol. The van der Waals surface area contributed by atoms with Gasteiger partial charge in [-0.2, -0.15) is 18.3 Å². The summed E-state index contributed by atoms with van der Waals surface area (Å²) in [6.07, 6.45) is -3.27. The van der Waals surface area contributed by atoms with Crippen molar-refractivity contribution in [2.24, 2.45) is 0 Å². The smallest absolute Gasteiger partial charge is 0.416 e. The number of hydrogen-bond donors (Lipinski definition) is 1. The van der Waals surface area contributed by atoms with Gasteiger partial charge in [0.25, 0.3) is 0 Å². The van der Waals surface area contributed by atoms with E-state index in [2.05, 4.69) is 10.1 Å². The molecule has 1 atom stereocenters. The zero-order valence-electron chi connectivity index (χ0n) is 13.9. The van der Waals surface area contributed by atoms with E-state index in [9.17, 15) is 22.7 Å². The molecule has 1 unspecified atom stereocenters. The van der Waals surface area contributed by atoms with Gasteiger partial charge in [0.05, 0.1) is 18.2 Å². The van der Waals surface area contributed by atoms with Gasteiger partial charge in [0.1, 0.15) is 30.0 Å². The van der Waals surface area contributed by atoms with E-state index in [0.29, 0.717) is 0 Å². The second-order valence-electron chi connectivity index (χ2n) is 5.85. The fourth-order valence-electron chi connectivity index (χ4n) is 2.56. The number of benzene rings is 2. The third-order valence-electron chi connectivity index (χ3n) is 3.76. The first-order chi connectivity index (χ1) is 12.8. The summed E-state index contributed by atoms with van der Waals surface area (Å²) in [5, 5.41) is 13.9. The van der Waals surface area contributed by atoms with Crippen molar-refractivity contribution in [2.45, 2.75) is 25.2 Å².